The third-order valence-electron chi connectivity index (χ3n) is 2.89. The SMILES string of the molecule is C[CH]CC1CCC(C(=O)OCCC)C1. The lowest BCUT2D eigenvalue weighted by Crippen LogP contribution is -2.15. The number of esters is 1. The van der Waals surface area contributed by atoms with Crippen molar-refractivity contribution in [1.29, 1.82) is 0 Å². The van der Waals surface area contributed by atoms with E-state index in [9.17, 15) is 4.79 Å². The van der Waals surface area contributed by atoms with E-state index in [1.54, 1.807) is 0 Å². The highest BCUT2D eigenvalue weighted by Gasteiger charge is 2.30. The van der Waals surface area contributed by atoms with Crippen molar-refractivity contribution in [3.8, 4) is 0 Å². The van der Waals surface area contributed by atoms with Gasteiger partial charge in [0, 0.05) is 0 Å². The van der Waals surface area contributed by atoms with Gasteiger partial charge in [0.15, 0.2) is 0 Å². The molecule has 0 bridgehead atoms. The van der Waals surface area contributed by atoms with Gasteiger partial charge in [0.05, 0.1) is 12.5 Å². The molecule has 2 heteroatoms. The van der Waals surface area contributed by atoms with Crippen LogP contribution in [0.5, 0.6) is 0 Å². The molecule has 81 valence electrons. The van der Waals surface area contributed by atoms with Gasteiger partial charge in [-0.1, -0.05) is 13.8 Å². The van der Waals surface area contributed by atoms with Gasteiger partial charge in [-0.25, -0.2) is 0 Å². The molecule has 0 spiro atoms. The van der Waals surface area contributed by atoms with Crippen molar-refractivity contribution in [3.63, 3.8) is 0 Å². The first-order chi connectivity index (χ1) is 6.77. The standard InChI is InChI=1S/C12H21O2/c1-3-5-10-6-7-11(9-10)12(13)14-8-4-2/h3,10-11H,4-9H2,1-2H3. The molecule has 1 aliphatic rings. The lowest BCUT2D eigenvalue weighted by Gasteiger charge is -2.10. The Balaban J connectivity index is 2.23. The van der Waals surface area contributed by atoms with Crippen molar-refractivity contribution in [1.82, 2.24) is 0 Å². The van der Waals surface area contributed by atoms with Crippen LogP contribution in [-0.2, 0) is 9.53 Å². The highest BCUT2D eigenvalue weighted by molar-refractivity contribution is 5.72. The largest absolute Gasteiger partial charge is 0.465 e. The molecule has 0 N–H and O–H groups in total. The van der Waals surface area contributed by atoms with Crippen LogP contribution in [0.25, 0.3) is 0 Å². The Bertz CT molecular complexity index is 177. The Morgan fingerprint density at radius 3 is 2.93 bits per heavy atom. The molecule has 2 unspecified atom stereocenters. The molecule has 0 aliphatic heterocycles. The molecule has 0 aromatic rings. The normalized spacial score (nSPS) is 26.4. The summed E-state index contributed by atoms with van der Waals surface area (Å²) >= 11 is 0. The van der Waals surface area contributed by atoms with E-state index in [2.05, 4.69) is 13.3 Å². The third-order valence-corrected chi connectivity index (χ3v) is 2.89. The van der Waals surface area contributed by atoms with Crippen LogP contribution in [0.15, 0.2) is 0 Å². The predicted octanol–water partition coefficient (Wildman–Crippen LogP) is 2.97. The van der Waals surface area contributed by atoms with Crippen LogP contribution in [0, 0.1) is 18.3 Å². The maximum absolute atomic E-state index is 11.5. The Labute approximate surface area is 87.0 Å². The van der Waals surface area contributed by atoms with Crippen LogP contribution >= 0.6 is 0 Å². The molecule has 0 aromatic heterocycles. The van der Waals surface area contributed by atoms with Gasteiger partial charge < -0.3 is 4.74 Å². The van der Waals surface area contributed by atoms with Crippen LogP contribution < -0.4 is 0 Å². The number of rotatable bonds is 5. The summed E-state index contributed by atoms with van der Waals surface area (Å²) < 4.78 is 5.15. The topological polar surface area (TPSA) is 26.3 Å². The van der Waals surface area contributed by atoms with Gasteiger partial charge in [-0.15, -0.1) is 0 Å². The molecule has 1 rings (SSSR count). The fourth-order valence-electron chi connectivity index (χ4n) is 2.16. The minimum Gasteiger partial charge on any atom is -0.465 e. The summed E-state index contributed by atoms with van der Waals surface area (Å²) in [5.74, 6) is 0.941. The van der Waals surface area contributed by atoms with Crippen molar-refractivity contribution in [2.45, 2.75) is 46.0 Å². The van der Waals surface area contributed by atoms with Gasteiger partial charge >= 0.3 is 5.97 Å². The Morgan fingerprint density at radius 2 is 2.29 bits per heavy atom. The zero-order chi connectivity index (χ0) is 10.4. The number of hydrogen-bond acceptors (Lipinski definition) is 2. The molecule has 0 aromatic carbocycles. The van der Waals surface area contributed by atoms with Gasteiger partial charge in [0.25, 0.3) is 0 Å². The smallest absolute Gasteiger partial charge is 0.308 e. The Kier molecular flexibility index (Phi) is 4.99. The van der Waals surface area contributed by atoms with Crippen LogP contribution in [0.2, 0.25) is 0 Å². The second-order valence-corrected chi connectivity index (χ2v) is 4.19. The fourth-order valence-corrected chi connectivity index (χ4v) is 2.16. The van der Waals surface area contributed by atoms with E-state index in [4.69, 9.17) is 4.74 Å². The first kappa shape index (κ1) is 11.5. The molecule has 1 radical (unpaired) electrons. The summed E-state index contributed by atoms with van der Waals surface area (Å²) in [7, 11) is 0. The van der Waals surface area contributed by atoms with Crippen molar-refractivity contribution >= 4 is 5.97 Å². The van der Waals surface area contributed by atoms with E-state index < -0.39 is 0 Å². The molecule has 1 saturated carbocycles. The number of hydrogen-bond donors (Lipinski definition) is 0. The second-order valence-electron chi connectivity index (χ2n) is 4.19. The van der Waals surface area contributed by atoms with Gasteiger partial charge in [0.2, 0.25) is 0 Å². The average molecular weight is 197 g/mol. The molecular formula is C12H21O2. The highest BCUT2D eigenvalue weighted by Crippen LogP contribution is 2.34. The monoisotopic (exact) mass is 197 g/mol. The summed E-state index contributed by atoms with van der Waals surface area (Å²) in [5, 5.41) is 0. The molecule has 0 amide bonds. The minimum atomic E-state index is 0.0328. The van der Waals surface area contributed by atoms with Crippen molar-refractivity contribution in [2.75, 3.05) is 6.61 Å². The van der Waals surface area contributed by atoms with E-state index in [0.29, 0.717) is 6.61 Å². The minimum absolute atomic E-state index is 0.0328. The lowest BCUT2D eigenvalue weighted by atomic mass is 10.0. The van der Waals surface area contributed by atoms with E-state index in [1.807, 2.05) is 6.92 Å². The maximum Gasteiger partial charge on any atom is 0.308 e. The number of ether oxygens (including phenoxy) is 1. The molecule has 1 fully saturated rings. The zero-order valence-electron chi connectivity index (χ0n) is 9.29. The summed E-state index contributed by atoms with van der Waals surface area (Å²) in [6.45, 7) is 4.69. The van der Waals surface area contributed by atoms with Crippen LogP contribution in [-0.4, -0.2) is 12.6 Å². The summed E-state index contributed by atoms with van der Waals surface area (Å²) in [6, 6.07) is 0. The van der Waals surface area contributed by atoms with E-state index in [1.165, 1.54) is 6.42 Å². The fraction of sp³-hybridized carbons (Fsp3) is 0.833. The maximum atomic E-state index is 11.5. The molecule has 2 atom stereocenters. The first-order valence-corrected chi connectivity index (χ1v) is 5.72. The van der Waals surface area contributed by atoms with Crippen molar-refractivity contribution in [2.24, 2.45) is 11.8 Å². The summed E-state index contributed by atoms with van der Waals surface area (Å²) in [5.41, 5.74) is 0. The van der Waals surface area contributed by atoms with Gasteiger partial charge in [-0.2, -0.15) is 0 Å². The molecular weight excluding hydrogens is 176 g/mol. The molecule has 1 aliphatic carbocycles. The highest BCUT2D eigenvalue weighted by atomic mass is 16.5. The average Bonchev–Trinajstić information content (AvgIpc) is 2.63. The Morgan fingerprint density at radius 1 is 1.50 bits per heavy atom. The van der Waals surface area contributed by atoms with Gasteiger partial charge in [0.1, 0.15) is 0 Å². The van der Waals surface area contributed by atoms with Gasteiger partial charge in [-0.3, -0.25) is 4.79 Å². The summed E-state index contributed by atoms with van der Waals surface area (Å²) in [6.07, 6.45) is 7.52. The number of carbonyl (C=O) groups excluding carboxylic acids is 1. The molecule has 0 saturated heterocycles. The van der Waals surface area contributed by atoms with Gasteiger partial charge in [-0.05, 0) is 44.4 Å². The van der Waals surface area contributed by atoms with E-state index >= 15 is 0 Å². The second kappa shape index (κ2) is 6.05. The predicted molar refractivity (Wildman–Crippen MR) is 56.7 cm³/mol. The zero-order valence-corrected chi connectivity index (χ0v) is 9.29. The molecule has 0 heterocycles. The van der Waals surface area contributed by atoms with Crippen LogP contribution in [0.1, 0.15) is 46.0 Å². The van der Waals surface area contributed by atoms with Crippen molar-refractivity contribution < 1.29 is 9.53 Å². The third kappa shape index (κ3) is 3.32. The molecule has 14 heavy (non-hydrogen) atoms. The molecule has 2 nitrogen and oxygen atoms in total. The van der Waals surface area contributed by atoms with E-state index in [-0.39, 0.29) is 11.9 Å². The van der Waals surface area contributed by atoms with Crippen LogP contribution in [0.3, 0.4) is 0 Å². The Hall–Kier alpha value is -0.530. The number of carbonyl (C=O) groups is 1. The lowest BCUT2D eigenvalue weighted by molar-refractivity contribution is -0.148. The van der Waals surface area contributed by atoms with Crippen molar-refractivity contribution in [3.05, 3.63) is 6.42 Å². The van der Waals surface area contributed by atoms with E-state index in [0.717, 1.165) is 31.6 Å². The van der Waals surface area contributed by atoms with Crippen LogP contribution in [0.4, 0.5) is 0 Å². The summed E-state index contributed by atoms with van der Waals surface area (Å²) in [4.78, 5) is 11.5. The quantitative estimate of drug-likeness (QED) is 0.633. The first-order valence-electron chi connectivity index (χ1n) is 5.72.